The number of carbonyl (C=O) groups excluding carboxylic acids is 2. The molecule has 1 N–H and O–H groups in total. The fraction of sp³-hybridized carbons (Fsp3) is 0.238. The maximum absolute atomic E-state index is 12.4. The summed E-state index contributed by atoms with van der Waals surface area (Å²) in [4.78, 5) is 25.5. The minimum absolute atomic E-state index is 0.269. The molecule has 1 aliphatic rings. The quantitative estimate of drug-likeness (QED) is 0.420. The second-order valence-corrected chi connectivity index (χ2v) is 8.25. The van der Waals surface area contributed by atoms with E-state index in [9.17, 15) is 9.59 Å². The van der Waals surface area contributed by atoms with E-state index < -0.39 is 0 Å². The molecule has 3 amide bonds. The van der Waals surface area contributed by atoms with Gasteiger partial charge in [0.25, 0.3) is 5.91 Å². The first kappa shape index (κ1) is 20.6. The van der Waals surface area contributed by atoms with E-state index in [0.717, 1.165) is 26.5 Å². The van der Waals surface area contributed by atoms with Gasteiger partial charge in [-0.15, -0.1) is 0 Å². The molecule has 2 aromatic carbocycles. The summed E-state index contributed by atoms with van der Waals surface area (Å²) in [6.45, 7) is 4.81. The van der Waals surface area contributed by atoms with Crippen molar-refractivity contribution in [1.29, 1.82) is 0 Å². The van der Waals surface area contributed by atoms with Crippen molar-refractivity contribution >= 4 is 49.9 Å². The third kappa shape index (κ3) is 4.64. The molecule has 5 nitrogen and oxygen atoms in total. The van der Waals surface area contributed by atoms with Crippen LogP contribution in [0.5, 0.6) is 5.75 Å². The molecule has 7 heteroatoms. The molecule has 1 fully saturated rings. The lowest BCUT2D eigenvalue weighted by Crippen LogP contribution is -2.31. The number of ether oxygens (including phenoxy) is 1. The zero-order chi connectivity index (χ0) is 20.3. The number of imide groups is 1. The first-order valence-corrected chi connectivity index (χ1v) is 10.5. The molecular weight excluding hydrogens is 488 g/mol. The van der Waals surface area contributed by atoms with Gasteiger partial charge in [-0.1, -0.05) is 36.8 Å². The number of halogens is 2. The molecule has 28 heavy (non-hydrogen) atoms. The number of amides is 3. The summed E-state index contributed by atoms with van der Waals surface area (Å²) in [7, 11) is 0. The highest BCUT2D eigenvalue weighted by atomic mass is 79.9. The zero-order valence-corrected chi connectivity index (χ0v) is 18.8. The highest BCUT2D eigenvalue weighted by Gasteiger charge is 2.32. The summed E-state index contributed by atoms with van der Waals surface area (Å²) in [6, 6.07) is 11.5. The molecule has 1 aliphatic heterocycles. The van der Waals surface area contributed by atoms with Gasteiger partial charge in [-0.05, 0) is 74.5 Å². The molecule has 0 unspecified atom stereocenters. The van der Waals surface area contributed by atoms with Gasteiger partial charge < -0.3 is 10.1 Å². The summed E-state index contributed by atoms with van der Waals surface area (Å²) in [5.41, 5.74) is 3.30. The third-order valence-corrected chi connectivity index (χ3v) is 5.38. The van der Waals surface area contributed by atoms with Gasteiger partial charge >= 0.3 is 6.03 Å². The zero-order valence-electron chi connectivity index (χ0n) is 15.6. The van der Waals surface area contributed by atoms with Crippen LogP contribution >= 0.6 is 31.9 Å². The Balaban J connectivity index is 1.78. The van der Waals surface area contributed by atoms with E-state index in [1.165, 1.54) is 10.5 Å². The average molecular weight is 508 g/mol. The Labute approximate surface area is 181 Å². The lowest BCUT2D eigenvalue weighted by molar-refractivity contribution is -0.122. The van der Waals surface area contributed by atoms with Crippen LogP contribution in [0.25, 0.3) is 6.08 Å². The number of hydrogen-bond acceptors (Lipinski definition) is 3. The molecule has 1 heterocycles. The summed E-state index contributed by atoms with van der Waals surface area (Å²) in [6.07, 6.45) is 2.38. The van der Waals surface area contributed by atoms with Gasteiger partial charge in [-0.3, -0.25) is 9.69 Å². The number of hydrogen-bond donors (Lipinski definition) is 1. The van der Waals surface area contributed by atoms with Crippen molar-refractivity contribution < 1.29 is 14.3 Å². The molecule has 0 atom stereocenters. The van der Waals surface area contributed by atoms with E-state index in [1.807, 2.05) is 44.2 Å². The second kappa shape index (κ2) is 8.92. The van der Waals surface area contributed by atoms with Crippen LogP contribution in [0.4, 0.5) is 4.79 Å². The number of aryl methyl sites for hydroxylation is 1. The van der Waals surface area contributed by atoms with Crippen molar-refractivity contribution in [1.82, 2.24) is 10.2 Å². The number of nitrogens with one attached hydrogen (secondary N) is 1. The van der Waals surface area contributed by atoms with Gasteiger partial charge in [0, 0.05) is 6.54 Å². The summed E-state index contributed by atoms with van der Waals surface area (Å²) in [5.74, 6) is 0.372. The van der Waals surface area contributed by atoms with Gasteiger partial charge in [0.2, 0.25) is 0 Å². The van der Waals surface area contributed by atoms with E-state index in [4.69, 9.17) is 4.74 Å². The van der Waals surface area contributed by atoms with E-state index >= 15 is 0 Å². The lowest BCUT2D eigenvalue weighted by atomic mass is 10.1. The Morgan fingerprint density at radius 1 is 1.14 bits per heavy atom. The molecule has 0 aliphatic carbocycles. The van der Waals surface area contributed by atoms with Crippen LogP contribution < -0.4 is 10.1 Å². The van der Waals surface area contributed by atoms with Gasteiger partial charge in [0.1, 0.15) is 18.1 Å². The molecule has 1 saturated heterocycles. The number of benzene rings is 2. The van der Waals surface area contributed by atoms with E-state index in [1.54, 1.807) is 6.08 Å². The smallest absolute Gasteiger partial charge is 0.329 e. The Morgan fingerprint density at radius 3 is 2.50 bits per heavy atom. The number of rotatable bonds is 6. The standard InChI is InChI=1S/C21H20Br2N2O3/c1-3-7-25-20(26)18(24-21(25)27)11-15-9-16(22)19(17(23)10-15)28-12-14-6-4-5-13(2)8-14/h4-6,8-11H,3,7,12H2,1-2H3,(H,24,27)/b18-11+. The van der Waals surface area contributed by atoms with Crippen molar-refractivity contribution in [2.75, 3.05) is 6.54 Å². The first-order valence-electron chi connectivity index (χ1n) is 8.91. The van der Waals surface area contributed by atoms with Crippen LogP contribution in [0.2, 0.25) is 0 Å². The molecule has 0 bridgehead atoms. The van der Waals surface area contributed by atoms with Gasteiger partial charge in [0.05, 0.1) is 8.95 Å². The predicted molar refractivity (Wildman–Crippen MR) is 116 cm³/mol. The van der Waals surface area contributed by atoms with E-state index in [2.05, 4.69) is 43.2 Å². The highest BCUT2D eigenvalue weighted by molar-refractivity contribution is 9.11. The fourth-order valence-electron chi connectivity index (χ4n) is 2.92. The Kier molecular flexibility index (Phi) is 6.57. The second-order valence-electron chi connectivity index (χ2n) is 6.54. The van der Waals surface area contributed by atoms with Gasteiger partial charge in [-0.2, -0.15) is 0 Å². The van der Waals surface area contributed by atoms with Crippen molar-refractivity contribution in [2.45, 2.75) is 26.9 Å². The minimum Gasteiger partial charge on any atom is -0.487 e. The minimum atomic E-state index is -0.380. The molecule has 0 radical (unpaired) electrons. The van der Waals surface area contributed by atoms with Gasteiger partial charge in [-0.25, -0.2) is 4.79 Å². The summed E-state index contributed by atoms with van der Waals surface area (Å²) < 4.78 is 7.47. The van der Waals surface area contributed by atoms with Crippen LogP contribution in [-0.2, 0) is 11.4 Å². The normalized spacial score (nSPS) is 15.3. The molecule has 0 aromatic heterocycles. The molecular formula is C21H20Br2N2O3. The molecule has 0 spiro atoms. The maximum atomic E-state index is 12.4. The largest absolute Gasteiger partial charge is 0.487 e. The molecule has 3 rings (SSSR count). The summed E-state index contributed by atoms with van der Waals surface area (Å²) >= 11 is 7.06. The van der Waals surface area contributed by atoms with Crippen LogP contribution in [0, 0.1) is 6.92 Å². The van der Waals surface area contributed by atoms with Crippen molar-refractivity contribution in [3.63, 3.8) is 0 Å². The van der Waals surface area contributed by atoms with Crippen LogP contribution in [0.1, 0.15) is 30.0 Å². The first-order chi connectivity index (χ1) is 13.4. The van der Waals surface area contributed by atoms with E-state index in [-0.39, 0.29) is 17.6 Å². The van der Waals surface area contributed by atoms with Crippen molar-refractivity contribution in [3.05, 3.63) is 67.7 Å². The highest BCUT2D eigenvalue weighted by Crippen LogP contribution is 2.36. The Bertz CT molecular complexity index is 933. The van der Waals surface area contributed by atoms with Crippen LogP contribution in [0.3, 0.4) is 0 Å². The van der Waals surface area contributed by atoms with Crippen molar-refractivity contribution in [2.24, 2.45) is 0 Å². The monoisotopic (exact) mass is 506 g/mol. The van der Waals surface area contributed by atoms with Crippen LogP contribution in [0.15, 0.2) is 51.0 Å². The maximum Gasteiger partial charge on any atom is 0.329 e. The number of nitrogens with zero attached hydrogens (tertiary/aromatic N) is 1. The average Bonchev–Trinajstić information content (AvgIpc) is 2.89. The summed E-state index contributed by atoms with van der Waals surface area (Å²) in [5, 5.41) is 2.63. The van der Waals surface area contributed by atoms with Crippen molar-refractivity contribution in [3.8, 4) is 5.75 Å². The third-order valence-electron chi connectivity index (χ3n) is 4.21. The Hall–Kier alpha value is -2.12. The van der Waals surface area contributed by atoms with Crippen LogP contribution in [-0.4, -0.2) is 23.4 Å². The number of urea groups is 1. The molecule has 0 saturated carbocycles. The molecule has 146 valence electrons. The number of carbonyl (C=O) groups is 2. The molecule has 2 aromatic rings. The van der Waals surface area contributed by atoms with E-state index in [0.29, 0.717) is 18.9 Å². The SMILES string of the molecule is CCCN1C(=O)N/C(=C/c2cc(Br)c(OCc3cccc(C)c3)c(Br)c2)C1=O. The predicted octanol–water partition coefficient (Wildman–Crippen LogP) is 5.40. The fourth-order valence-corrected chi connectivity index (χ4v) is 4.37. The topological polar surface area (TPSA) is 58.6 Å². The Morgan fingerprint density at radius 2 is 1.86 bits per heavy atom. The lowest BCUT2D eigenvalue weighted by Gasteiger charge is -2.12. The van der Waals surface area contributed by atoms with Gasteiger partial charge in [0.15, 0.2) is 0 Å².